The summed E-state index contributed by atoms with van der Waals surface area (Å²) in [5.41, 5.74) is 7.81. The Morgan fingerprint density at radius 3 is 2.58 bits per heavy atom. The van der Waals surface area contributed by atoms with Crippen LogP contribution in [0.2, 0.25) is 0 Å². The number of hydrogen-bond acceptors (Lipinski definition) is 3. The number of nitrogens with one attached hydrogen (secondary N) is 1. The summed E-state index contributed by atoms with van der Waals surface area (Å²) in [5, 5.41) is 2.95. The number of aryl methyl sites for hydroxylation is 1. The molecule has 1 heterocycles. The molecule has 0 spiro atoms. The van der Waals surface area contributed by atoms with Gasteiger partial charge in [-0.15, -0.1) is 12.4 Å². The Morgan fingerprint density at radius 2 is 1.96 bits per heavy atom. The second kappa shape index (κ2) is 8.40. The number of halogens is 1. The zero-order valence-electron chi connectivity index (χ0n) is 15.8. The van der Waals surface area contributed by atoms with E-state index < -0.39 is 6.04 Å². The fraction of sp³-hybridized carbons (Fsp3) is 0.600. The third-order valence-electron chi connectivity index (χ3n) is 5.72. The third kappa shape index (κ3) is 4.21. The van der Waals surface area contributed by atoms with Gasteiger partial charge in [-0.3, -0.25) is 9.59 Å². The molecule has 0 bridgehead atoms. The molecule has 0 aromatic heterocycles. The molecule has 4 atom stereocenters. The highest BCUT2D eigenvalue weighted by molar-refractivity contribution is 5.97. The maximum atomic E-state index is 13.0. The van der Waals surface area contributed by atoms with Gasteiger partial charge in [0, 0.05) is 24.7 Å². The van der Waals surface area contributed by atoms with Gasteiger partial charge in [-0.1, -0.05) is 31.5 Å². The molecule has 5 nitrogen and oxygen atoms in total. The number of fused-ring (bicyclic) bond motifs is 1. The number of benzene rings is 1. The largest absolute Gasteiger partial charge is 0.340 e. The summed E-state index contributed by atoms with van der Waals surface area (Å²) in [6, 6.07) is 7.15. The molecule has 0 radical (unpaired) electrons. The van der Waals surface area contributed by atoms with E-state index in [1.807, 2.05) is 43.9 Å². The van der Waals surface area contributed by atoms with Crippen molar-refractivity contribution in [1.29, 1.82) is 0 Å². The van der Waals surface area contributed by atoms with Gasteiger partial charge in [-0.25, -0.2) is 0 Å². The second-order valence-electron chi connectivity index (χ2n) is 7.97. The molecule has 4 unspecified atom stereocenters. The van der Waals surface area contributed by atoms with Crippen molar-refractivity contribution in [3.63, 3.8) is 0 Å². The SMILES string of the molecule is Cc1cccc(C(=O)NC(C(=O)N2CC3CCC(N)C3C2)C(C)C)c1.Cl. The number of carbonyl (C=O) groups is 2. The lowest BCUT2D eigenvalue weighted by Gasteiger charge is -2.28. The number of nitrogens with zero attached hydrogens (tertiary/aromatic N) is 1. The predicted molar refractivity (Wildman–Crippen MR) is 105 cm³/mol. The highest BCUT2D eigenvalue weighted by atomic mass is 35.5. The Hall–Kier alpha value is -1.59. The summed E-state index contributed by atoms with van der Waals surface area (Å²) in [4.78, 5) is 27.5. The van der Waals surface area contributed by atoms with E-state index >= 15 is 0 Å². The third-order valence-corrected chi connectivity index (χ3v) is 5.72. The van der Waals surface area contributed by atoms with Crippen molar-refractivity contribution in [2.24, 2.45) is 23.5 Å². The maximum absolute atomic E-state index is 13.0. The number of amides is 2. The Morgan fingerprint density at radius 1 is 1.23 bits per heavy atom. The van der Waals surface area contributed by atoms with Crippen LogP contribution in [0.25, 0.3) is 0 Å². The topological polar surface area (TPSA) is 75.4 Å². The van der Waals surface area contributed by atoms with E-state index in [1.165, 1.54) is 0 Å². The minimum Gasteiger partial charge on any atom is -0.340 e. The quantitative estimate of drug-likeness (QED) is 0.843. The Labute approximate surface area is 162 Å². The fourth-order valence-corrected chi connectivity index (χ4v) is 4.21. The smallest absolute Gasteiger partial charge is 0.251 e. The lowest BCUT2D eigenvalue weighted by molar-refractivity contribution is -0.133. The minimum atomic E-state index is -0.497. The number of likely N-dealkylation sites (tertiary alicyclic amines) is 1. The first kappa shape index (κ1) is 20.7. The van der Waals surface area contributed by atoms with Crippen molar-refractivity contribution in [3.8, 4) is 0 Å². The molecule has 1 aliphatic carbocycles. The molecule has 2 aliphatic rings. The number of hydrogen-bond donors (Lipinski definition) is 2. The van der Waals surface area contributed by atoms with E-state index in [-0.39, 0.29) is 36.2 Å². The Kier molecular flexibility index (Phi) is 6.69. The summed E-state index contributed by atoms with van der Waals surface area (Å²) < 4.78 is 0. The molecule has 144 valence electrons. The Balaban J connectivity index is 0.00000243. The molecule has 6 heteroatoms. The van der Waals surface area contributed by atoms with Gasteiger partial charge in [0.2, 0.25) is 5.91 Å². The van der Waals surface area contributed by atoms with Gasteiger partial charge in [0.15, 0.2) is 0 Å². The van der Waals surface area contributed by atoms with Gasteiger partial charge in [-0.2, -0.15) is 0 Å². The molecule has 1 aromatic rings. The average Bonchev–Trinajstić information content (AvgIpc) is 3.14. The van der Waals surface area contributed by atoms with E-state index in [1.54, 1.807) is 6.07 Å². The highest BCUT2D eigenvalue weighted by Gasteiger charge is 2.44. The Bertz CT molecular complexity index is 664. The first-order chi connectivity index (χ1) is 11.9. The zero-order valence-corrected chi connectivity index (χ0v) is 16.6. The van der Waals surface area contributed by atoms with Gasteiger partial charge < -0.3 is 16.0 Å². The lowest BCUT2D eigenvalue weighted by Crippen LogP contribution is -2.51. The molecule has 2 amide bonds. The van der Waals surface area contributed by atoms with Gasteiger partial charge in [0.05, 0.1) is 0 Å². The van der Waals surface area contributed by atoms with Crippen LogP contribution < -0.4 is 11.1 Å². The first-order valence-corrected chi connectivity index (χ1v) is 9.28. The van der Waals surface area contributed by atoms with Crippen molar-refractivity contribution in [2.45, 2.75) is 45.7 Å². The van der Waals surface area contributed by atoms with E-state index in [9.17, 15) is 9.59 Å². The molecule has 2 fully saturated rings. The van der Waals surface area contributed by atoms with Crippen molar-refractivity contribution in [2.75, 3.05) is 13.1 Å². The second-order valence-corrected chi connectivity index (χ2v) is 7.97. The van der Waals surface area contributed by atoms with Crippen molar-refractivity contribution >= 4 is 24.2 Å². The van der Waals surface area contributed by atoms with Crippen LogP contribution in [0.5, 0.6) is 0 Å². The molecular weight excluding hydrogens is 350 g/mol. The predicted octanol–water partition coefficient (Wildman–Crippen LogP) is 2.37. The monoisotopic (exact) mass is 379 g/mol. The van der Waals surface area contributed by atoms with Crippen LogP contribution in [-0.4, -0.2) is 41.9 Å². The molecule has 3 N–H and O–H groups in total. The minimum absolute atomic E-state index is 0. The van der Waals surface area contributed by atoms with Crippen LogP contribution in [0.1, 0.15) is 42.6 Å². The first-order valence-electron chi connectivity index (χ1n) is 9.28. The van der Waals surface area contributed by atoms with Gasteiger partial charge in [0.25, 0.3) is 5.91 Å². The van der Waals surface area contributed by atoms with Crippen LogP contribution >= 0.6 is 12.4 Å². The number of carbonyl (C=O) groups excluding carboxylic acids is 2. The maximum Gasteiger partial charge on any atom is 0.251 e. The normalized spacial score (nSPS) is 25.6. The number of rotatable bonds is 4. The number of nitrogens with two attached hydrogens (primary N) is 1. The molecule has 1 aliphatic heterocycles. The molecule has 1 saturated heterocycles. The molecule has 1 aromatic carbocycles. The lowest BCUT2D eigenvalue weighted by atomic mass is 9.98. The van der Waals surface area contributed by atoms with Crippen LogP contribution in [0.15, 0.2) is 24.3 Å². The fourth-order valence-electron chi connectivity index (χ4n) is 4.21. The zero-order chi connectivity index (χ0) is 18.1. The van der Waals surface area contributed by atoms with Crippen LogP contribution in [0, 0.1) is 24.7 Å². The summed E-state index contributed by atoms with van der Waals surface area (Å²) in [5.74, 6) is 0.822. The summed E-state index contributed by atoms with van der Waals surface area (Å²) in [6.45, 7) is 7.41. The van der Waals surface area contributed by atoms with Gasteiger partial charge in [-0.05, 0) is 49.7 Å². The van der Waals surface area contributed by atoms with E-state index in [4.69, 9.17) is 5.73 Å². The molecule has 26 heavy (non-hydrogen) atoms. The average molecular weight is 380 g/mol. The van der Waals surface area contributed by atoms with Crippen molar-refractivity contribution in [1.82, 2.24) is 10.2 Å². The van der Waals surface area contributed by atoms with E-state index in [0.29, 0.717) is 17.4 Å². The summed E-state index contributed by atoms with van der Waals surface area (Å²) in [6.07, 6.45) is 2.17. The van der Waals surface area contributed by atoms with Gasteiger partial charge in [0.1, 0.15) is 6.04 Å². The van der Waals surface area contributed by atoms with Crippen LogP contribution in [-0.2, 0) is 4.79 Å². The molecular formula is C20H30ClN3O2. The van der Waals surface area contributed by atoms with Gasteiger partial charge >= 0.3 is 0 Å². The molecule has 1 saturated carbocycles. The summed E-state index contributed by atoms with van der Waals surface area (Å²) >= 11 is 0. The van der Waals surface area contributed by atoms with Crippen molar-refractivity contribution < 1.29 is 9.59 Å². The van der Waals surface area contributed by atoms with E-state index in [2.05, 4.69) is 5.32 Å². The van der Waals surface area contributed by atoms with Crippen LogP contribution in [0.4, 0.5) is 0 Å². The summed E-state index contributed by atoms with van der Waals surface area (Å²) in [7, 11) is 0. The van der Waals surface area contributed by atoms with Crippen molar-refractivity contribution in [3.05, 3.63) is 35.4 Å². The highest BCUT2D eigenvalue weighted by Crippen LogP contribution is 2.37. The molecule has 3 rings (SSSR count). The van der Waals surface area contributed by atoms with E-state index in [0.717, 1.165) is 31.5 Å². The standard InChI is InChI=1S/C20H29N3O2.ClH/c1-12(2)18(22-19(24)14-6-4-5-13(3)9-14)20(25)23-10-15-7-8-17(21)16(15)11-23;/h4-6,9,12,15-18H,7-8,10-11,21H2,1-3H3,(H,22,24);1H. The van der Waals surface area contributed by atoms with Crippen LogP contribution in [0.3, 0.4) is 0 Å².